The maximum absolute atomic E-state index is 12.6. The van der Waals surface area contributed by atoms with E-state index >= 15 is 0 Å². The van der Waals surface area contributed by atoms with Crippen LogP contribution in [0.15, 0.2) is 42.5 Å². The van der Waals surface area contributed by atoms with Gasteiger partial charge in [0.25, 0.3) is 17.5 Å². The number of carbonyl (C=O) groups is 2. The molecule has 0 atom stereocenters. The maximum atomic E-state index is 12.6. The molecule has 0 radical (unpaired) electrons. The fraction of sp³-hybridized carbons (Fsp3) is 0.158. The zero-order valence-corrected chi connectivity index (χ0v) is 16.4. The van der Waals surface area contributed by atoms with Gasteiger partial charge in [0.05, 0.1) is 16.2 Å². The minimum atomic E-state index is -0.558. The van der Waals surface area contributed by atoms with Gasteiger partial charge in [-0.1, -0.05) is 36.5 Å². The Bertz CT molecular complexity index is 1100. The second-order valence-electron chi connectivity index (χ2n) is 6.07. The second-order valence-corrected chi connectivity index (χ2v) is 7.13. The molecule has 10 heteroatoms. The predicted molar refractivity (Wildman–Crippen MR) is 109 cm³/mol. The quantitative estimate of drug-likeness (QED) is 0.469. The minimum absolute atomic E-state index is 0.120. The smallest absolute Gasteiger partial charge is 0.273 e. The lowest BCUT2D eigenvalue weighted by Gasteiger charge is -2.10. The number of hydrogen-bond donors (Lipinski definition) is 2. The van der Waals surface area contributed by atoms with Crippen LogP contribution in [0.1, 0.15) is 38.2 Å². The van der Waals surface area contributed by atoms with E-state index in [-0.39, 0.29) is 22.5 Å². The van der Waals surface area contributed by atoms with Crippen molar-refractivity contribution in [2.75, 3.05) is 10.6 Å². The van der Waals surface area contributed by atoms with Crippen molar-refractivity contribution in [3.05, 3.63) is 74.3 Å². The van der Waals surface area contributed by atoms with Crippen LogP contribution in [0.4, 0.5) is 16.5 Å². The van der Waals surface area contributed by atoms with Gasteiger partial charge in [-0.15, -0.1) is 10.2 Å². The van der Waals surface area contributed by atoms with E-state index in [1.165, 1.54) is 29.5 Å². The van der Waals surface area contributed by atoms with Crippen molar-refractivity contribution in [1.82, 2.24) is 10.2 Å². The number of nitrogens with one attached hydrogen (secondary N) is 2. The summed E-state index contributed by atoms with van der Waals surface area (Å²) in [6, 6.07) is 10.7. The largest absolute Gasteiger partial charge is 0.321 e. The third kappa shape index (κ3) is 4.61. The number of anilines is 2. The van der Waals surface area contributed by atoms with Gasteiger partial charge in [-0.2, -0.15) is 0 Å². The average molecular weight is 411 g/mol. The van der Waals surface area contributed by atoms with Crippen LogP contribution in [0.5, 0.6) is 0 Å². The number of hydrogen-bond acceptors (Lipinski definition) is 7. The highest BCUT2D eigenvalue weighted by molar-refractivity contribution is 7.15. The van der Waals surface area contributed by atoms with Crippen LogP contribution >= 0.6 is 11.3 Å². The molecule has 2 amide bonds. The number of nitro groups is 1. The molecule has 9 nitrogen and oxygen atoms in total. The summed E-state index contributed by atoms with van der Waals surface area (Å²) >= 11 is 1.27. The fourth-order valence-electron chi connectivity index (χ4n) is 2.54. The van der Waals surface area contributed by atoms with Crippen LogP contribution in [0.2, 0.25) is 0 Å². The van der Waals surface area contributed by atoms with Crippen LogP contribution in [0.3, 0.4) is 0 Å². The van der Waals surface area contributed by atoms with E-state index in [0.29, 0.717) is 17.1 Å². The summed E-state index contributed by atoms with van der Waals surface area (Å²) in [4.78, 5) is 35.8. The molecule has 148 valence electrons. The summed E-state index contributed by atoms with van der Waals surface area (Å²) in [5, 5.41) is 25.4. The zero-order chi connectivity index (χ0) is 21.0. The average Bonchev–Trinajstić information content (AvgIpc) is 3.16. The van der Waals surface area contributed by atoms with Crippen molar-refractivity contribution in [3.8, 4) is 0 Å². The Kier molecular flexibility index (Phi) is 5.93. The SMILES string of the molecule is CCc1nnc(NC(=O)c2ccccc2NC(=O)c2ccc(C)c([N+](=O)[O-])c2)s1. The van der Waals surface area contributed by atoms with Gasteiger partial charge in [0.15, 0.2) is 0 Å². The van der Waals surface area contributed by atoms with Crippen molar-refractivity contribution in [2.45, 2.75) is 20.3 Å². The molecule has 0 aliphatic heterocycles. The molecule has 1 heterocycles. The number of para-hydroxylation sites is 1. The summed E-state index contributed by atoms with van der Waals surface area (Å²) < 4.78 is 0. The number of carbonyl (C=O) groups excluding carboxylic acids is 2. The van der Waals surface area contributed by atoms with E-state index in [4.69, 9.17) is 0 Å². The van der Waals surface area contributed by atoms with Crippen LogP contribution in [0.25, 0.3) is 0 Å². The maximum Gasteiger partial charge on any atom is 0.273 e. The number of aryl methyl sites for hydroxylation is 2. The van der Waals surface area contributed by atoms with Gasteiger partial charge >= 0.3 is 0 Å². The van der Waals surface area contributed by atoms with Gasteiger partial charge in [-0.05, 0) is 31.5 Å². The molecular formula is C19H17N5O4S. The Labute approximate surface area is 169 Å². The standard InChI is InChI=1S/C19H17N5O4S/c1-3-16-22-23-19(29-16)21-18(26)13-6-4-5-7-14(13)20-17(25)12-9-8-11(2)15(10-12)24(27)28/h4-10H,3H2,1-2H3,(H,20,25)(H,21,23,26). The van der Waals surface area contributed by atoms with Crippen molar-refractivity contribution in [3.63, 3.8) is 0 Å². The molecule has 2 aromatic carbocycles. The first-order valence-corrected chi connectivity index (χ1v) is 9.50. The van der Waals surface area contributed by atoms with E-state index in [1.807, 2.05) is 6.92 Å². The van der Waals surface area contributed by atoms with Crippen LogP contribution in [-0.4, -0.2) is 26.9 Å². The van der Waals surface area contributed by atoms with Gasteiger partial charge in [0, 0.05) is 17.2 Å². The van der Waals surface area contributed by atoms with Gasteiger partial charge in [0.2, 0.25) is 5.13 Å². The van der Waals surface area contributed by atoms with E-state index in [0.717, 1.165) is 5.01 Å². The van der Waals surface area contributed by atoms with Crippen molar-refractivity contribution in [1.29, 1.82) is 0 Å². The lowest BCUT2D eigenvalue weighted by Crippen LogP contribution is -2.18. The molecule has 0 bridgehead atoms. The minimum Gasteiger partial charge on any atom is -0.321 e. The normalized spacial score (nSPS) is 10.4. The number of nitro benzene ring substituents is 1. The molecule has 0 unspecified atom stereocenters. The second kappa shape index (κ2) is 8.57. The Balaban J connectivity index is 1.81. The summed E-state index contributed by atoms with van der Waals surface area (Å²) in [6.07, 6.45) is 0.711. The molecule has 3 aromatic rings. The Morgan fingerprint density at radius 1 is 1.10 bits per heavy atom. The zero-order valence-electron chi connectivity index (χ0n) is 15.6. The molecule has 0 fully saturated rings. The highest BCUT2D eigenvalue weighted by Crippen LogP contribution is 2.23. The fourth-order valence-corrected chi connectivity index (χ4v) is 3.22. The first-order chi connectivity index (χ1) is 13.9. The monoisotopic (exact) mass is 411 g/mol. The summed E-state index contributed by atoms with van der Waals surface area (Å²) in [7, 11) is 0. The lowest BCUT2D eigenvalue weighted by molar-refractivity contribution is -0.385. The van der Waals surface area contributed by atoms with Crippen LogP contribution in [0, 0.1) is 17.0 Å². The topological polar surface area (TPSA) is 127 Å². The van der Waals surface area contributed by atoms with Crippen molar-refractivity contribution in [2.24, 2.45) is 0 Å². The number of nitrogens with zero attached hydrogens (tertiary/aromatic N) is 3. The first kappa shape index (κ1) is 20.1. The van der Waals surface area contributed by atoms with E-state index in [9.17, 15) is 19.7 Å². The van der Waals surface area contributed by atoms with E-state index in [1.54, 1.807) is 31.2 Å². The summed E-state index contributed by atoms with van der Waals surface area (Å²) in [5.41, 5.74) is 0.935. The molecule has 0 aliphatic carbocycles. The molecule has 0 saturated heterocycles. The van der Waals surface area contributed by atoms with Crippen LogP contribution in [-0.2, 0) is 6.42 Å². The third-order valence-corrected chi connectivity index (χ3v) is 5.06. The molecule has 0 spiro atoms. The molecule has 0 saturated carbocycles. The Hall–Kier alpha value is -3.66. The number of rotatable bonds is 6. The van der Waals surface area contributed by atoms with Gasteiger partial charge in [-0.25, -0.2) is 0 Å². The molecule has 3 rings (SSSR count). The summed E-state index contributed by atoms with van der Waals surface area (Å²) in [6.45, 7) is 3.53. The Morgan fingerprint density at radius 2 is 1.86 bits per heavy atom. The van der Waals surface area contributed by atoms with Crippen molar-refractivity contribution < 1.29 is 14.5 Å². The molecule has 29 heavy (non-hydrogen) atoms. The number of benzene rings is 2. The molecule has 1 aromatic heterocycles. The van der Waals surface area contributed by atoms with Gasteiger partial charge < -0.3 is 5.32 Å². The summed E-state index contributed by atoms with van der Waals surface area (Å²) in [5.74, 6) is -1.01. The number of amides is 2. The highest BCUT2D eigenvalue weighted by Gasteiger charge is 2.18. The van der Waals surface area contributed by atoms with Crippen molar-refractivity contribution >= 4 is 39.7 Å². The van der Waals surface area contributed by atoms with E-state index in [2.05, 4.69) is 20.8 Å². The predicted octanol–water partition coefficient (Wildman–Crippen LogP) is 3.82. The van der Waals surface area contributed by atoms with Crippen LogP contribution < -0.4 is 10.6 Å². The molecule has 0 aliphatic rings. The molecule has 2 N–H and O–H groups in total. The first-order valence-electron chi connectivity index (χ1n) is 8.68. The van der Waals surface area contributed by atoms with Gasteiger partial charge in [0.1, 0.15) is 5.01 Å². The lowest BCUT2D eigenvalue weighted by atomic mass is 10.1. The van der Waals surface area contributed by atoms with Gasteiger partial charge in [-0.3, -0.25) is 25.0 Å². The molecular weight excluding hydrogens is 394 g/mol. The third-order valence-electron chi connectivity index (χ3n) is 4.08. The van der Waals surface area contributed by atoms with E-state index < -0.39 is 16.7 Å². The number of aromatic nitrogens is 2. The highest BCUT2D eigenvalue weighted by atomic mass is 32.1. The Morgan fingerprint density at radius 3 is 2.55 bits per heavy atom.